The molecule has 0 saturated heterocycles. The highest BCUT2D eigenvalue weighted by Gasteiger charge is 2.04. The third kappa shape index (κ3) is 4.56. The number of carbonyl (C=O) groups excluding carboxylic acids is 2. The smallest absolute Gasteiger partial charge is 0.251 e. The Kier molecular flexibility index (Phi) is 5.49. The molecule has 22 heavy (non-hydrogen) atoms. The van der Waals surface area contributed by atoms with E-state index in [-0.39, 0.29) is 11.8 Å². The molecule has 0 saturated carbocycles. The molecule has 0 aromatic heterocycles. The second-order valence-corrected chi connectivity index (χ2v) is 5.45. The first-order valence-corrected chi connectivity index (χ1v) is 7.44. The molecule has 2 amide bonds. The minimum Gasteiger partial charge on any atom is -0.355 e. The molecule has 0 aliphatic carbocycles. The largest absolute Gasteiger partial charge is 0.355 e. The van der Waals surface area contributed by atoms with Crippen LogP contribution in [-0.4, -0.2) is 18.9 Å². The Balaban J connectivity index is 2.04. The zero-order chi connectivity index (χ0) is 15.9. The first kappa shape index (κ1) is 16.0. The van der Waals surface area contributed by atoms with Crippen LogP contribution >= 0.6 is 15.9 Å². The fraction of sp³-hybridized carbons (Fsp3) is 0.0588. The minimum atomic E-state index is -0.256. The van der Waals surface area contributed by atoms with E-state index in [4.69, 9.17) is 0 Å². The summed E-state index contributed by atoms with van der Waals surface area (Å²) < 4.78 is 0.952. The van der Waals surface area contributed by atoms with Gasteiger partial charge < -0.3 is 10.6 Å². The number of anilines is 1. The summed E-state index contributed by atoms with van der Waals surface area (Å²) in [5.41, 5.74) is 1.99. The second kappa shape index (κ2) is 7.56. The van der Waals surface area contributed by atoms with Gasteiger partial charge in [0.05, 0.1) is 0 Å². The Morgan fingerprint density at radius 3 is 2.59 bits per heavy atom. The number of benzene rings is 2. The Hall–Kier alpha value is -2.40. The maximum Gasteiger partial charge on any atom is 0.251 e. The molecule has 0 aliphatic rings. The second-order valence-electron chi connectivity index (χ2n) is 4.54. The molecule has 0 aliphatic heterocycles. The number of hydrogen-bond acceptors (Lipinski definition) is 2. The standard InChI is InChI=1S/C17H15BrN2O2/c1-19-17(22)13-5-3-7-15(11-13)20-16(21)9-8-12-4-2-6-14(18)10-12/h2-11H,1H3,(H,19,22)(H,20,21)/b9-8+. The van der Waals surface area contributed by atoms with Crippen LogP contribution in [0, 0.1) is 0 Å². The van der Waals surface area contributed by atoms with E-state index >= 15 is 0 Å². The van der Waals surface area contributed by atoms with Gasteiger partial charge in [-0.3, -0.25) is 9.59 Å². The van der Waals surface area contributed by atoms with E-state index in [1.165, 1.54) is 6.08 Å². The summed E-state index contributed by atoms with van der Waals surface area (Å²) >= 11 is 3.38. The van der Waals surface area contributed by atoms with Crippen molar-refractivity contribution in [2.45, 2.75) is 0 Å². The molecule has 0 heterocycles. The number of halogens is 1. The summed E-state index contributed by atoms with van der Waals surface area (Å²) in [4.78, 5) is 23.5. The average Bonchev–Trinajstić information content (AvgIpc) is 2.52. The van der Waals surface area contributed by atoms with Crippen LogP contribution in [0.1, 0.15) is 15.9 Å². The molecule has 2 aromatic carbocycles. The highest BCUT2D eigenvalue weighted by Crippen LogP contribution is 2.13. The third-order valence-corrected chi connectivity index (χ3v) is 3.39. The molecular formula is C17H15BrN2O2. The van der Waals surface area contributed by atoms with Crippen molar-refractivity contribution >= 4 is 39.5 Å². The van der Waals surface area contributed by atoms with E-state index in [9.17, 15) is 9.59 Å². The highest BCUT2D eigenvalue weighted by molar-refractivity contribution is 9.10. The lowest BCUT2D eigenvalue weighted by Gasteiger charge is -2.05. The van der Waals surface area contributed by atoms with Gasteiger partial charge in [-0.2, -0.15) is 0 Å². The van der Waals surface area contributed by atoms with E-state index in [2.05, 4.69) is 26.6 Å². The van der Waals surface area contributed by atoms with Gasteiger partial charge in [0.2, 0.25) is 5.91 Å². The van der Waals surface area contributed by atoms with Gasteiger partial charge in [0, 0.05) is 28.8 Å². The lowest BCUT2D eigenvalue weighted by atomic mass is 10.2. The van der Waals surface area contributed by atoms with Crippen LogP contribution in [0.25, 0.3) is 6.08 Å². The fourth-order valence-electron chi connectivity index (χ4n) is 1.85. The first-order chi connectivity index (χ1) is 10.6. The molecule has 0 bridgehead atoms. The SMILES string of the molecule is CNC(=O)c1cccc(NC(=O)/C=C/c2cccc(Br)c2)c1. The zero-order valence-electron chi connectivity index (χ0n) is 12.0. The molecule has 2 rings (SSSR count). The van der Waals surface area contributed by atoms with E-state index in [0.717, 1.165) is 10.0 Å². The number of amides is 2. The summed E-state index contributed by atoms with van der Waals surface area (Å²) in [6, 6.07) is 14.4. The predicted octanol–water partition coefficient (Wildman–Crippen LogP) is 3.46. The Bertz CT molecular complexity index is 726. The van der Waals surface area contributed by atoms with Crippen LogP contribution in [0.2, 0.25) is 0 Å². The molecule has 0 spiro atoms. The van der Waals surface area contributed by atoms with Crippen molar-refractivity contribution in [2.75, 3.05) is 12.4 Å². The summed E-state index contributed by atoms with van der Waals surface area (Å²) in [5, 5.41) is 5.27. The van der Waals surface area contributed by atoms with Crippen molar-refractivity contribution in [1.82, 2.24) is 5.32 Å². The van der Waals surface area contributed by atoms with Crippen LogP contribution in [0.15, 0.2) is 59.1 Å². The van der Waals surface area contributed by atoms with Crippen molar-refractivity contribution in [2.24, 2.45) is 0 Å². The van der Waals surface area contributed by atoms with Crippen LogP contribution in [-0.2, 0) is 4.79 Å². The molecule has 2 N–H and O–H groups in total. The molecule has 5 heteroatoms. The summed E-state index contributed by atoms with van der Waals surface area (Å²) in [5.74, 6) is -0.449. The topological polar surface area (TPSA) is 58.2 Å². The maximum atomic E-state index is 11.9. The van der Waals surface area contributed by atoms with Gasteiger partial charge in [0.1, 0.15) is 0 Å². The van der Waals surface area contributed by atoms with E-state index in [1.54, 1.807) is 37.4 Å². The van der Waals surface area contributed by atoms with E-state index < -0.39 is 0 Å². The molecular weight excluding hydrogens is 344 g/mol. The number of carbonyl (C=O) groups is 2. The van der Waals surface area contributed by atoms with Crippen molar-refractivity contribution in [3.05, 3.63) is 70.2 Å². The van der Waals surface area contributed by atoms with Crippen molar-refractivity contribution in [1.29, 1.82) is 0 Å². The summed E-state index contributed by atoms with van der Waals surface area (Å²) in [6.07, 6.45) is 3.18. The highest BCUT2D eigenvalue weighted by atomic mass is 79.9. The molecule has 0 atom stereocenters. The van der Waals surface area contributed by atoms with Crippen molar-refractivity contribution in [3.8, 4) is 0 Å². The van der Waals surface area contributed by atoms with Crippen LogP contribution in [0.4, 0.5) is 5.69 Å². The van der Waals surface area contributed by atoms with Gasteiger partial charge in [-0.05, 0) is 42.0 Å². The maximum absolute atomic E-state index is 11.9. The molecule has 4 nitrogen and oxygen atoms in total. The van der Waals surface area contributed by atoms with Gasteiger partial charge in [0.25, 0.3) is 5.91 Å². The summed E-state index contributed by atoms with van der Waals surface area (Å²) in [7, 11) is 1.56. The number of rotatable bonds is 4. The van der Waals surface area contributed by atoms with Crippen LogP contribution in [0.3, 0.4) is 0 Å². The monoisotopic (exact) mass is 358 g/mol. The molecule has 0 radical (unpaired) electrons. The quantitative estimate of drug-likeness (QED) is 0.822. The minimum absolute atomic E-state index is 0.194. The van der Waals surface area contributed by atoms with E-state index in [0.29, 0.717) is 11.3 Å². The van der Waals surface area contributed by atoms with Gasteiger partial charge in [-0.15, -0.1) is 0 Å². The van der Waals surface area contributed by atoms with Crippen LogP contribution in [0.5, 0.6) is 0 Å². The van der Waals surface area contributed by atoms with Gasteiger partial charge in [-0.1, -0.05) is 34.1 Å². The lowest BCUT2D eigenvalue weighted by molar-refractivity contribution is -0.111. The first-order valence-electron chi connectivity index (χ1n) is 6.65. The molecule has 2 aromatic rings. The normalized spacial score (nSPS) is 10.5. The molecule has 112 valence electrons. The summed E-state index contributed by atoms with van der Waals surface area (Å²) in [6.45, 7) is 0. The van der Waals surface area contributed by atoms with Crippen molar-refractivity contribution < 1.29 is 9.59 Å². The number of hydrogen-bond donors (Lipinski definition) is 2. The van der Waals surface area contributed by atoms with Gasteiger partial charge in [0.15, 0.2) is 0 Å². The molecule has 0 fully saturated rings. The lowest BCUT2D eigenvalue weighted by Crippen LogP contribution is -2.18. The Labute approximate surface area is 137 Å². The zero-order valence-corrected chi connectivity index (χ0v) is 13.6. The van der Waals surface area contributed by atoms with E-state index in [1.807, 2.05) is 24.3 Å². The third-order valence-electron chi connectivity index (χ3n) is 2.90. The van der Waals surface area contributed by atoms with Gasteiger partial charge >= 0.3 is 0 Å². The predicted molar refractivity (Wildman–Crippen MR) is 91.6 cm³/mol. The Morgan fingerprint density at radius 2 is 1.86 bits per heavy atom. The van der Waals surface area contributed by atoms with Crippen LogP contribution < -0.4 is 10.6 Å². The fourth-order valence-corrected chi connectivity index (χ4v) is 2.27. The van der Waals surface area contributed by atoms with Crippen molar-refractivity contribution in [3.63, 3.8) is 0 Å². The molecule has 0 unspecified atom stereocenters. The average molecular weight is 359 g/mol. The number of nitrogens with one attached hydrogen (secondary N) is 2. The van der Waals surface area contributed by atoms with Gasteiger partial charge in [-0.25, -0.2) is 0 Å². The Morgan fingerprint density at radius 1 is 1.09 bits per heavy atom.